The molecule has 0 bridgehead atoms. The summed E-state index contributed by atoms with van der Waals surface area (Å²) in [5.41, 5.74) is 3.48. The summed E-state index contributed by atoms with van der Waals surface area (Å²) in [7, 11) is 2.05. The SMILES string of the molecule is Cc1ccc(N(C)Cc2cccnc2Cl)cc1. The summed E-state index contributed by atoms with van der Waals surface area (Å²) in [6.45, 7) is 2.84. The molecule has 0 aliphatic carbocycles. The van der Waals surface area contributed by atoms with Crippen molar-refractivity contribution in [2.45, 2.75) is 13.5 Å². The quantitative estimate of drug-likeness (QED) is 0.768. The summed E-state index contributed by atoms with van der Waals surface area (Å²) in [4.78, 5) is 6.23. The largest absolute Gasteiger partial charge is 0.370 e. The molecule has 2 aromatic rings. The fourth-order valence-corrected chi connectivity index (χ4v) is 1.86. The van der Waals surface area contributed by atoms with Crippen molar-refractivity contribution in [3.05, 3.63) is 58.9 Å². The van der Waals surface area contributed by atoms with Gasteiger partial charge in [-0.1, -0.05) is 35.4 Å². The molecule has 0 N–H and O–H groups in total. The van der Waals surface area contributed by atoms with Crippen molar-refractivity contribution in [3.8, 4) is 0 Å². The van der Waals surface area contributed by atoms with E-state index in [0.717, 1.165) is 12.1 Å². The minimum atomic E-state index is 0.575. The van der Waals surface area contributed by atoms with Gasteiger partial charge in [-0.3, -0.25) is 0 Å². The lowest BCUT2D eigenvalue weighted by atomic mass is 10.2. The molecule has 0 aliphatic heterocycles. The van der Waals surface area contributed by atoms with Gasteiger partial charge in [0.05, 0.1) is 0 Å². The van der Waals surface area contributed by atoms with Crippen LogP contribution in [0.5, 0.6) is 0 Å². The molecule has 0 saturated carbocycles. The molecule has 0 unspecified atom stereocenters. The molecule has 0 aliphatic rings. The molecule has 0 saturated heterocycles. The normalized spacial score (nSPS) is 10.3. The fraction of sp³-hybridized carbons (Fsp3) is 0.214. The summed E-state index contributed by atoms with van der Waals surface area (Å²) in [6, 6.07) is 12.3. The maximum Gasteiger partial charge on any atom is 0.133 e. The van der Waals surface area contributed by atoms with Gasteiger partial charge >= 0.3 is 0 Å². The zero-order valence-electron chi connectivity index (χ0n) is 10.0. The van der Waals surface area contributed by atoms with Crippen LogP contribution in [-0.2, 0) is 6.54 Å². The molecular formula is C14H15ClN2. The first kappa shape index (κ1) is 11.9. The van der Waals surface area contributed by atoms with E-state index in [4.69, 9.17) is 11.6 Å². The van der Waals surface area contributed by atoms with Gasteiger partial charge in [-0.25, -0.2) is 4.98 Å². The van der Waals surface area contributed by atoms with Crippen molar-refractivity contribution >= 4 is 17.3 Å². The van der Waals surface area contributed by atoms with E-state index in [1.165, 1.54) is 11.3 Å². The van der Waals surface area contributed by atoms with Crippen molar-refractivity contribution in [3.63, 3.8) is 0 Å². The number of aromatic nitrogens is 1. The zero-order chi connectivity index (χ0) is 12.3. The summed E-state index contributed by atoms with van der Waals surface area (Å²) >= 11 is 6.04. The third kappa shape index (κ3) is 2.98. The van der Waals surface area contributed by atoms with E-state index in [1.54, 1.807) is 6.20 Å². The van der Waals surface area contributed by atoms with Crippen LogP contribution in [0.1, 0.15) is 11.1 Å². The average molecular weight is 247 g/mol. The Hall–Kier alpha value is -1.54. The van der Waals surface area contributed by atoms with Gasteiger partial charge in [0.25, 0.3) is 0 Å². The smallest absolute Gasteiger partial charge is 0.133 e. The van der Waals surface area contributed by atoms with Gasteiger partial charge in [0.2, 0.25) is 0 Å². The maximum atomic E-state index is 6.04. The topological polar surface area (TPSA) is 16.1 Å². The predicted octanol–water partition coefficient (Wildman–Crippen LogP) is 3.68. The van der Waals surface area contributed by atoms with Gasteiger partial charge in [-0.05, 0) is 25.1 Å². The van der Waals surface area contributed by atoms with Crippen LogP contribution in [0.2, 0.25) is 5.15 Å². The van der Waals surface area contributed by atoms with E-state index in [0.29, 0.717) is 5.15 Å². The van der Waals surface area contributed by atoms with Crippen LogP contribution >= 0.6 is 11.6 Å². The van der Waals surface area contributed by atoms with E-state index in [2.05, 4.69) is 41.1 Å². The highest BCUT2D eigenvalue weighted by Crippen LogP contribution is 2.19. The predicted molar refractivity (Wildman–Crippen MR) is 72.5 cm³/mol. The first-order valence-corrected chi connectivity index (χ1v) is 5.92. The summed E-state index contributed by atoms with van der Waals surface area (Å²) in [5.74, 6) is 0. The van der Waals surface area contributed by atoms with Gasteiger partial charge in [0.15, 0.2) is 0 Å². The standard InChI is InChI=1S/C14H15ClN2/c1-11-5-7-13(8-6-11)17(2)10-12-4-3-9-16-14(12)15/h3-9H,10H2,1-2H3. The Bertz CT molecular complexity index is 494. The van der Waals surface area contributed by atoms with Gasteiger partial charge in [0.1, 0.15) is 5.15 Å². The highest BCUT2D eigenvalue weighted by Gasteiger charge is 2.05. The molecule has 2 rings (SSSR count). The molecule has 2 nitrogen and oxygen atoms in total. The van der Waals surface area contributed by atoms with Crippen LogP contribution in [0, 0.1) is 6.92 Å². The summed E-state index contributed by atoms with van der Waals surface area (Å²) in [5, 5.41) is 0.575. The van der Waals surface area contributed by atoms with Gasteiger partial charge in [-0.15, -0.1) is 0 Å². The van der Waals surface area contributed by atoms with Crippen LogP contribution in [0.15, 0.2) is 42.6 Å². The van der Waals surface area contributed by atoms with Crippen molar-refractivity contribution in [1.82, 2.24) is 4.98 Å². The fourth-order valence-electron chi connectivity index (χ4n) is 1.68. The van der Waals surface area contributed by atoms with E-state index in [9.17, 15) is 0 Å². The molecule has 17 heavy (non-hydrogen) atoms. The Balaban J connectivity index is 2.14. The second-order valence-electron chi connectivity index (χ2n) is 4.14. The number of nitrogens with zero attached hydrogens (tertiary/aromatic N) is 2. The number of halogens is 1. The van der Waals surface area contributed by atoms with E-state index >= 15 is 0 Å². The zero-order valence-corrected chi connectivity index (χ0v) is 10.8. The number of benzene rings is 1. The van der Waals surface area contributed by atoms with Crippen LogP contribution in [0.4, 0.5) is 5.69 Å². The van der Waals surface area contributed by atoms with E-state index in [-0.39, 0.29) is 0 Å². The lowest BCUT2D eigenvalue weighted by Gasteiger charge is -2.19. The van der Waals surface area contributed by atoms with Crippen LogP contribution in [-0.4, -0.2) is 12.0 Å². The number of aryl methyl sites for hydroxylation is 1. The molecule has 88 valence electrons. The van der Waals surface area contributed by atoms with Gasteiger partial charge in [-0.2, -0.15) is 0 Å². The molecule has 0 amide bonds. The van der Waals surface area contributed by atoms with Crippen molar-refractivity contribution in [1.29, 1.82) is 0 Å². The number of anilines is 1. The third-order valence-corrected chi connectivity index (χ3v) is 3.06. The Morgan fingerprint density at radius 3 is 2.53 bits per heavy atom. The molecule has 3 heteroatoms. The minimum Gasteiger partial charge on any atom is -0.370 e. The Labute approximate surface area is 107 Å². The molecule has 1 aromatic carbocycles. The van der Waals surface area contributed by atoms with Crippen molar-refractivity contribution in [2.24, 2.45) is 0 Å². The van der Waals surface area contributed by atoms with Gasteiger partial charge in [0, 0.05) is 31.0 Å². The molecule has 0 fully saturated rings. The molecule has 0 spiro atoms. The molecule has 0 atom stereocenters. The van der Waals surface area contributed by atoms with Gasteiger partial charge < -0.3 is 4.90 Å². The molecule has 1 aromatic heterocycles. The average Bonchev–Trinajstić information content (AvgIpc) is 2.33. The number of rotatable bonds is 3. The third-order valence-electron chi connectivity index (χ3n) is 2.72. The van der Waals surface area contributed by atoms with Crippen LogP contribution in [0.3, 0.4) is 0 Å². The first-order chi connectivity index (χ1) is 8.16. The number of hydrogen-bond acceptors (Lipinski definition) is 2. The van der Waals surface area contributed by atoms with Crippen molar-refractivity contribution in [2.75, 3.05) is 11.9 Å². The molecule has 1 heterocycles. The summed E-state index contributed by atoms with van der Waals surface area (Å²) < 4.78 is 0. The molecule has 0 radical (unpaired) electrons. The number of hydrogen-bond donors (Lipinski definition) is 0. The van der Waals surface area contributed by atoms with Crippen molar-refractivity contribution < 1.29 is 0 Å². The van der Waals surface area contributed by atoms with E-state index in [1.807, 2.05) is 19.2 Å². The Morgan fingerprint density at radius 1 is 1.18 bits per heavy atom. The van der Waals surface area contributed by atoms with Crippen LogP contribution < -0.4 is 4.90 Å². The number of pyridine rings is 1. The monoisotopic (exact) mass is 246 g/mol. The van der Waals surface area contributed by atoms with Crippen LogP contribution in [0.25, 0.3) is 0 Å². The Morgan fingerprint density at radius 2 is 1.88 bits per heavy atom. The first-order valence-electron chi connectivity index (χ1n) is 5.54. The second kappa shape index (κ2) is 5.19. The lowest BCUT2D eigenvalue weighted by Crippen LogP contribution is -2.16. The minimum absolute atomic E-state index is 0.575. The highest BCUT2D eigenvalue weighted by atomic mass is 35.5. The lowest BCUT2D eigenvalue weighted by molar-refractivity contribution is 0.915. The summed E-state index contributed by atoms with van der Waals surface area (Å²) in [6.07, 6.45) is 1.71. The highest BCUT2D eigenvalue weighted by molar-refractivity contribution is 6.30. The van der Waals surface area contributed by atoms with E-state index < -0.39 is 0 Å². The maximum absolute atomic E-state index is 6.04. The Kier molecular flexibility index (Phi) is 3.64. The second-order valence-corrected chi connectivity index (χ2v) is 4.50. The molecular weight excluding hydrogens is 232 g/mol.